The predicted molar refractivity (Wildman–Crippen MR) is 79.0 cm³/mol. The fourth-order valence-electron chi connectivity index (χ4n) is 2.38. The third kappa shape index (κ3) is 2.63. The molecule has 1 heterocycles. The van der Waals surface area contributed by atoms with E-state index >= 15 is 0 Å². The first kappa shape index (κ1) is 13.0. The number of nitrogens with one attached hydrogen (secondary N) is 1. The van der Waals surface area contributed by atoms with Crippen LogP contribution in [-0.4, -0.2) is 6.79 Å². The van der Waals surface area contributed by atoms with Crippen LogP contribution in [0.4, 0.5) is 0 Å². The zero-order chi connectivity index (χ0) is 13.9. The molecular weight excluding hydrogens is 250 g/mol. The maximum atomic E-state index is 5.50. The molecule has 0 saturated heterocycles. The number of rotatable bonds is 4. The standard InChI is InChI=1S/C17H19NO2/c1-12-6-7-14(8-13(12)2)9-18-10-15-4-3-5-16-17(15)20-11-19-16/h3-8,18H,9-11H2,1-2H3. The van der Waals surface area contributed by atoms with Gasteiger partial charge in [-0.2, -0.15) is 0 Å². The molecule has 1 aliphatic heterocycles. The predicted octanol–water partition coefficient (Wildman–Crippen LogP) is 3.32. The van der Waals surface area contributed by atoms with Crippen molar-refractivity contribution in [3.63, 3.8) is 0 Å². The third-order valence-electron chi connectivity index (χ3n) is 3.69. The first-order valence-corrected chi connectivity index (χ1v) is 6.88. The lowest BCUT2D eigenvalue weighted by Crippen LogP contribution is -2.13. The SMILES string of the molecule is Cc1ccc(CNCc2cccc3c2OCO3)cc1C. The lowest BCUT2D eigenvalue weighted by Gasteiger charge is -2.09. The second-order valence-electron chi connectivity index (χ2n) is 5.17. The van der Waals surface area contributed by atoms with Crippen LogP contribution < -0.4 is 14.8 Å². The number of para-hydroxylation sites is 1. The van der Waals surface area contributed by atoms with Gasteiger partial charge in [0.15, 0.2) is 11.5 Å². The van der Waals surface area contributed by atoms with Gasteiger partial charge in [-0.3, -0.25) is 0 Å². The average Bonchev–Trinajstić information content (AvgIpc) is 2.92. The van der Waals surface area contributed by atoms with E-state index in [2.05, 4.69) is 43.4 Å². The lowest BCUT2D eigenvalue weighted by molar-refractivity contribution is 0.173. The summed E-state index contributed by atoms with van der Waals surface area (Å²) in [7, 11) is 0. The Kier molecular flexibility index (Phi) is 3.61. The summed E-state index contributed by atoms with van der Waals surface area (Å²) in [6.45, 7) is 6.24. The summed E-state index contributed by atoms with van der Waals surface area (Å²) in [6, 6.07) is 12.6. The van der Waals surface area contributed by atoms with Crippen LogP contribution in [0.5, 0.6) is 11.5 Å². The van der Waals surface area contributed by atoms with Gasteiger partial charge in [0.25, 0.3) is 0 Å². The summed E-state index contributed by atoms with van der Waals surface area (Å²) in [5.41, 5.74) is 5.11. The molecule has 0 aromatic heterocycles. The fourth-order valence-corrected chi connectivity index (χ4v) is 2.38. The zero-order valence-corrected chi connectivity index (χ0v) is 11.9. The van der Waals surface area contributed by atoms with Crippen molar-refractivity contribution in [3.8, 4) is 11.5 Å². The van der Waals surface area contributed by atoms with E-state index in [0.29, 0.717) is 6.79 Å². The Morgan fingerprint density at radius 3 is 2.75 bits per heavy atom. The minimum Gasteiger partial charge on any atom is -0.454 e. The van der Waals surface area contributed by atoms with E-state index in [1.54, 1.807) is 0 Å². The first-order chi connectivity index (χ1) is 9.74. The lowest BCUT2D eigenvalue weighted by atomic mass is 10.1. The molecule has 0 amide bonds. The summed E-state index contributed by atoms with van der Waals surface area (Å²) in [4.78, 5) is 0. The third-order valence-corrected chi connectivity index (χ3v) is 3.69. The van der Waals surface area contributed by atoms with Crippen molar-refractivity contribution in [2.24, 2.45) is 0 Å². The Hall–Kier alpha value is -2.00. The minimum absolute atomic E-state index is 0.323. The van der Waals surface area contributed by atoms with Crippen LogP contribution in [0.3, 0.4) is 0 Å². The van der Waals surface area contributed by atoms with Crippen LogP contribution in [0.2, 0.25) is 0 Å². The van der Waals surface area contributed by atoms with Gasteiger partial charge in [-0.05, 0) is 36.6 Å². The van der Waals surface area contributed by atoms with Crippen LogP contribution in [-0.2, 0) is 13.1 Å². The van der Waals surface area contributed by atoms with Crippen LogP contribution in [0.1, 0.15) is 22.3 Å². The average molecular weight is 269 g/mol. The monoisotopic (exact) mass is 269 g/mol. The molecule has 0 unspecified atom stereocenters. The van der Waals surface area contributed by atoms with Gasteiger partial charge >= 0.3 is 0 Å². The number of benzene rings is 2. The van der Waals surface area contributed by atoms with Crippen LogP contribution in [0.25, 0.3) is 0 Å². The quantitative estimate of drug-likeness (QED) is 0.923. The second-order valence-corrected chi connectivity index (χ2v) is 5.17. The van der Waals surface area contributed by atoms with Crippen molar-refractivity contribution in [2.45, 2.75) is 26.9 Å². The summed E-state index contributed by atoms with van der Waals surface area (Å²) < 4.78 is 10.9. The van der Waals surface area contributed by atoms with Gasteiger partial charge in [0, 0.05) is 18.7 Å². The van der Waals surface area contributed by atoms with Crippen LogP contribution in [0.15, 0.2) is 36.4 Å². The highest BCUT2D eigenvalue weighted by Gasteiger charge is 2.16. The van der Waals surface area contributed by atoms with Gasteiger partial charge in [-0.15, -0.1) is 0 Å². The van der Waals surface area contributed by atoms with Gasteiger partial charge in [-0.25, -0.2) is 0 Å². The molecule has 20 heavy (non-hydrogen) atoms. The molecule has 3 heteroatoms. The van der Waals surface area contributed by atoms with Crippen molar-refractivity contribution in [3.05, 3.63) is 58.7 Å². The highest BCUT2D eigenvalue weighted by molar-refractivity contribution is 5.48. The van der Waals surface area contributed by atoms with Gasteiger partial charge in [0.05, 0.1) is 0 Å². The molecule has 3 nitrogen and oxygen atoms in total. The summed E-state index contributed by atoms with van der Waals surface area (Å²) >= 11 is 0. The van der Waals surface area contributed by atoms with Crippen LogP contribution in [0, 0.1) is 13.8 Å². The Balaban J connectivity index is 1.63. The number of hydrogen-bond donors (Lipinski definition) is 1. The molecule has 1 N–H and O–H groups in total. The smallest absolute Gasteiger partial charge is 0.231 e. The van der Waals surface area contributed by atoms with Gasteiger partial charge in [0.2, 0.25) is 6.79 Å². The highest BCUT2D eigenvalue weighted by atomic mass is 16.7. The largest absolute Gasteiger partial charge is 0.454 e. The van der Waals surface area contributed by atoms with E-state index in [0.717, 1.165) is 30.2 Å². The molecule has 0 atom stereocenters. The van der Waals surface area contributed by atoms with E-state index in [9.17, 15) is 0 Å². The van der Waals surface area contributed by atoms with Gasteiger partial charge < -0.3 is 14.8 Å². The normalized spacial score (nSPS) is 12.7. The van der Waals surface area contributed by atoms with Crippen molar-refractivity contribution in [2.75, 3.05) is 6.79 Å². The molecule has 0 fully saturated rings. The first-order valence-electron chi connectivity index (χ1n) is 6.88. The van der Waals surface area contributed by atoms with E-state index in [1.165, 1.54) is 16.7 Å². The molecule has 104 valence electrons. The summed E-state index contributed by atoms with van der Waals surface area (Å²) in [5.74, 6) is 1.72. The molecule has 0 radical (unpaired) electrons. The molecule has 0 aliphatic carbocycles. The number of ether oxygens (including phenoxy) is 2. The maximum Gasteiger partial charge on any atom is 0.231 e. The molecule has 1 aliphatic rings. The number of hydrogen-bond acceptors (Lipinski definition) is 3. The molecule has 0 spiro atoms. The Morgan fingerprint density at radius 1 is 1.00 bits per heavy atom. The summed E-state index contributed by atoms with van der Waals surface area (Å²) in [6.07, 6.45) is 0. The molecule has 2 aromatic rings. The van der Waals surface area contributed by atoms with Crippen molar-refractivity contribution < 1.29 is 9.47 Å². The second kappa shape index (κ2) is 5.55. The summed E-state index contributed by atoms with van der Waals surface area (Å²) in [5, 5.41) is 3.46. The van der Waals surface area contributed by atoms with Crippen LogP contribution >= 0.6 is 0 Å². The van der Waals surface area contributed by atoms with E-state index < -0.39 is 0 Å². The number of fused-ring (bicyclic) bond motifs is 1. The molecule has 0 saturated carbocycles. The Labute approximate surface area is 119 Å². The van der Waals surface area contributed by atoms with E-state index in [4.69, 9.17) is 9.47 Å². The van der Waals surface area contributed by atoms with Gasteiger partial charge in [-0.1, -0.05) is 30.3 Å². The van der Waals surface area contributed by atoms with Crippen molar-refractivity contribution >= 4 is 0 Å². The molecule has 3 rings (SSSR count). The van der Waals surface area contributed by atoms with Crippen molar-refractivity contribution in [1.29, 1.82) is 0 Å². The molecule has 2 aromatic carbocycles. The maximum absolute atomic E-state index is 5.50. The van der Waals surface area contributed by atoms with E-state index in [1.807, 2.05) is 12.1 Å². The van der Waals surface area contributed by atoms with Crippen molar-refractivity contribution in [1.82, 2.24) is 5.32 Å². The fraction of sp³-hybridized carbons (Fsp3) is 0.294. The topological polar surface area (TPSA) is 30.5 Å². The minimum atomic E-state index is 0.323. The molecular formula is C17H19NO2. The Morgan fingerprint density at radius 2 is 1.90 bits per heavy atom. The van der Waals surface area contributed by atoms with Gasteiger partial charge in [0.1, 0.15) is 0 Å². The Bertz CT molecular complexity index is 622. The number of aryl methyl sites for hydroxylation is 2. The highest BCUT2D eigenvalue weighted by Crippen LogP contribution is 2.35. The molecule has 0 bridgehead atoms. The zero-order valence-electron chi connectivity index (χ0n) is 11.9. The van der Waals surface area contributed by atoms with E-state index in [-0.39, 0.29) is 0 Å².